The van der Waals surface area contributed by atoms with Gasteiger partial charge in [-0.05, 0) is 56.2 Å². The van der Waals surface area contributed by atoms with Gasteiger partial charge in [0.15, 0.2) is 0 Å². The van der Waals surface area contributed by atoms with Crippen molar-refractivity contribution in [3.05, 3.63) is 58.1 Å². The Labute approximate surface area is 175 Å². The van der Waals surface area contributed by atoms with Gasteiger partial charge in [0.25, 0.3) is 0 Å². The molecule has 0 aliphatic carbocycles. The number of carbonyl (C=O) groups excluding carboxylic acids is 2. The van der Waals surface area contributed by atoms with Crippen molar-refractivity contribution in [1.29, 1.82) is 0 Å². The summed E-state index contributed by atoms with van der Waals surface area (Å²) in [6.07, 6.45) is 1.02. The number of ether oxygens (including phenoxy) is 1. The minimum Gasteiger partial charge on any atom is -0.465 e. The van der Waals surface area contributed by atoms with Gasteiger partial charge in [0, 0.05) is 10.7 Å². The summed E-state index contributed by atoms with van der Waals surface area (Å²) in [5, 5.41) is 3.09. The lowest BCUT2D eigenvalue weighted by atomic mass is 10.1. The van der Waals surface area contributed by atoms with E-state index in [0.29, 0.717) is 21.8 Å². The molecule has 0 saturated heterocycles. The van der Waals surface area contributed by atoms with Crippen molar-refractivity contribution in [3.63, 3.8) is 0 Å². The minimum atomic E-state index is -3.78. The van der Waals surface area contributed by atoms with Gasteiger partial charge in [-0.2, -0.15) is 0 Å². The molecule has 0 aliphatic rings. The number of aryl methyl sites for hydroxylation is 1. The van der Waals surface area contributed by atoms with Gasteiger partial charge in [0.1, 0.15) is 6.04 Å². The maximum absolute atomic E-state index is 12.9. The summed E-state index contributed by atoms with van der Waals surface area (Å²) >= 11 is 6.14. The Morgan fingerprint density at radius 3 is 2.38 bits per heavy atom. The van der Waals surface area contributed by atoms with E-state index in [1.54, 1.807) is 44.2 Å². The normalized spacial score (nSPS) is 12.2. The van der Waals surface area contributed by atoms with Crippen molar-refractivity contribution in [2.24, 2.45) is 0 Å². The molecule has 0 radical (unpaired) electrons. The maximum Gasteiger partial charge on any atom is 0.338 e. The van der Waals surface area contributed by atoms with Crippen LogP contribution in [-0.2, 0) is 19.6 Å². The minimum absolute atomic E-state index is 0.283. The van der Waals surface area contributed by atoms with Crippen LogP contribution >= 0.6 is 11.6 Å². The zero-order chi connectivity index (χ0) is 21.9. The van der Waals surface area contributed by atoms with Crippen LogP contribution in [0.5, 0.6) is 0 Å². The highest BCUT2D eigenvalue weighted by Crippen LogP contribution is 2.27. The van der Waals surface area contributed by atoms with E-state index in [-0.39, 0.29) is 5.69 Å². The number of rotatable bonds is 6. The summed E-state index contributed by atoms with van der Waals surface area (Å²) in [5.41, 5.74) is 2.29. The van der Waals surface area contributed by atoms with Crippen molar-refractivity contribution >= 4 is 44.9 Å². The second kappa shape index (κ2) is 8.84. The Morgan fingerprint density at radius 1 is 1.17 bits per heavy atom. The molecule has 29 heavy (non-hydrogen) atoms. The molecule has 156 valence electrons. The van der Waals surface area contributed by atoms with E-state index < -0.39 is 27.9 Å². The number of nitrogens with one attached hydrogen (secondary N) is 1. The molecule has 2 rings (SSSR count). The highest BCUT2D eigenvalue weighted by Gasteiger charge is 2.30. The van der Waals surface area contributed by atoms with Crippen LogP contribution in [-0.4, -0.2) is 39.7 Å². The summed E-state index contributed by atoms with van der Waals surface area (Å²) in [6, 6.07) is 8.53. The number of hydrogen-bond acceptors (Lipinski definition) is 5. The number of sulfonamides is 1. The van der Waals surface area contributed by atoms with Crippen LogP contribution in [0.3, 0.4) is 0 Å². The first kappa shape index (κ1) is 22.7. The summed E-state index contributed by atoms with van der Waals surface area (Å²) in [6.45, 7) is 4.94. The number of esters is 1. The number of anilines is 2. The van der Waals surface area contributed by atoms with E-state index in [1.807, 2.05) is 0 Å². The molecule has 1 amide bonds. The van der Waals surface area contributed by atoms with Gasteiger partial charge < -0.3 is 10.1 Å². The molecule has 1 atom stereocenters. The molecule has 0 fully saturated rings. The van der Waals surface area contributed by atoms with Gasteiger partial charge in [0.05, 0.1) is 24.6 Å². The number of hydrogen-bond donors (Lipinski definition) is 1. The van der Waals surface area contributed by atoms with Crippen molar-refractivity contribution in [2.45, 2.75) is 26.8 Å². The number of carbonyl (C=O) groups is 2. The van der Waals surface area contributed by atoms with E-state index in [9.17, 15) is 18.0 Å². The van der Waals surface area contributed by atoms with Gasteiger partial charge in [-0.25, -0.2) is 13.2 Å². The molecule has 2 aromatic rings. The molecular weight excluding hydrogens is 416 g/mol. The first-order valence-corrected chi connectivity index (χ1v) is 10.9. The molecule has 0 heterocycles. The predicted molar refractivity (Wildman–Crippen MR) is 114 cm³/mol. The van der Waals surface area contributed by atoms with Gasteiger partial charge >= 0.3 is 5.97 Å². The number of halogens is 1. The molecule has 0 saturated carbocycles. The first-order chi connectivity index (χ1) is 13.5. The second-order valence-corrected chi connectivity index (χ2v) is 8.89. The molecular formula is C20H23ClN2O5S. The zero-order valence-corrected chi connectivity index (χ0v) is 18.4. The van der Waals surface area contributed by atoms with Gasteiger partial charge in [-0.1, -0.05) is 23.7 Å². The van der Waals surface area contributed by atoms with Crippen LogP contribution in [0.4, 0.5) is 11.4 Å². The van der Waals surface area contributed by atoms with E-state index >= 15 is 0 Å². The monoisotopic (exact) mass is 438 g/mol. The summed E-state index contributed by atoms with van der Waals surface area (Å²) in [5.74, 6) is -1.09. The van der Waals surface area contributed by atoms with Crippen LogP contribution in [0.15, 0.2) is 36.4 Å². The summed E-state index contributed by atoms with van der Waals surface area (Å²) in [7, 11) is -2.51. The van der Waals surface area contributed by atoms with Crippen molar-refractivity contribution < 1.29 is 22.7 Å². The first-order valence-electron chi connectivity index (χ1n) is 8.71. The average molecular weight is 439 g/mol. The molecule has 9 heteroatoms. The molecule has 1 N–H and O–H groups in total. The van der Waals surface area contributed by atoms with Gasteiger partial charge in [-0.3, -0.25) is 9.10 Å². The standard InChI is InChI=1S/C20H23ClN2O5S/c1-12-9-10-15(11-17(12)21)23(29(5,26)27)14(3)19(24)22-18-8-6-7-16(13(18)2)20(25)28-4/h6-11,14H,1-5H3,(H,22,24). The fraction of sp³-hybridized carbons (Fsp3) is 0.300. The lowest BCUT2D eigenvalue weighted by Crippen LogP contribution is -2.45. The number of nitrogens with zero attached hydrogens (tertiary/aromatic N) is 1. The lowest BCUT2D eigenvalue weighted by Gasteiger charge is -2.28. The SMILES string of the molecule is COC(=O)c1cccc(NC(=O)C(C)N(c2ccc(C)c(Cl)c2)S(C)(=O)=O)c1C. The van der Waals surface area contributed by atoms with E-state index in [0.717, 1.165) is 16.1 Å². The Hall–Kier alpha value is -2.58. The number of methoxy groups -OCH3 is 1. The van der Waals surface area contributed by atoms with E-state index in [1.165, 1.54) is 20.1 Å². The zero-order valence-electron chi connectivity index (χ0n) is 16.8. The largest absolute Gasteiger partial charge is 0.465 e. The molecule has 0 aliphatic heterocycles. The molecule has 1 unspecified atom stereocenters. The highest BCUT2D eigenvalue weighted by molar-refractivity contribution is 7.92. The van der Waals surface area contributed by atoms with Crippen molar-refractivity contribution in [3.8, 4) is 0 Å². The van der Waals surface area contributed by atoms with Crippen molar-refractivity contribution in [2.75, 3.05) is 23.0 Å². The molecule has 0 aromatic heterocycles. The summed E-state index contributed by atoms with van der Waals surface area (Å²) < 4.78 is 30.6. The Balaban J connectivity index is 2.38. The van der Waals surface area contributed by atoms with Crippen LogP contribution in [0, 0.1) is 13.8 Å². The average Bonchev–Trinajstić information content (AvgIpc) is 2.64. The van der Waals surface area contributed by atoms with Gasteiger partial charge in [0.2, 0.25) is 15.9 Å². The molecule has 7 nitrogen and oxygen atoms in total. The second-order valence-electron chi connectivity index (χ2n) is 6.63. The predicted octanol–water partition coefficient (Wildman–Crippen LogP) is 3.54. The molecule has 0 spiro atoms. The lowest BCUT2D eigenvalue weighted by molar-refractivity contribution is -0.116. The Morgan fingerprint density at radius 2 is 1.83 bits per heavy atom. The topological polar surface area (TPSA) is 92.8 Å². The van der Waals surface area contributed by atoms with Crippen LogP contribution < -0.4 is 9.62 Å². The highest BCUT2D eigenvalue weighted by atomic mass is 35.5. The van der Waals surface area contributed by atoms with Crippen LogP contribution in [0.25, 0.3) is 0 Å². The fourth-order valence-electron chi connectivity index (χ4n) is 2.87. The van der Waals surface area contributed by atoms with Crippen molar-refractivity contribution in [1.82, 2.24) is 0 Å². The Kier molecular flexibility index (Phi) is 6.92. The van der Waals surface area contributed by atoms with E-state index in [2.05, 4.69) is 5.32 Å². The maximum atomic E-state index is 12.9. The fourth-order valence-corrected chi connectivity index (χ4v) is 4.21. The quantitative estimate of drug-likeness (QED) is 0.696. The molecule has 0 bridgehead atoms. The number of amides is 1. The Bertz CT molecular complexity index is 1050. The summed E-state index contributed by atoms with van der Waals surface area (Å²) in [4.78, 5) is 24.7. The van der Waals surface area contributed by atoms with E-state index in [4.69, 9.17) is 16.3 Å². The number of benzene rings is 2. The molecule has 2 aromatic carbocycles. The van der Waals surface area contributed by atoms with Crippen LogP contribution in [0.1, 0.15) is 28.4 Å². The van der Waals surface area contributed by atoms with Gasteiger partial charge in [-0.15, -0.1) is 0 Å². The van der Waals surface area contributed by atoms with Crippen LogP contribution in [0.2, 0.25) is 5.02 Å². The third-order valence-electron chi connectivity index (χ3n) is 4.50. The third-order valence-corrected chi connectivity index (χ3v) is 6.14. The smallest absolute Gasteiger partial charge is 0.338 e. The third kappa shape index (κ3) is 5.07.